The molecule has 0 fully saturated rings. The molecular weight excluding hydrogens is 242 g/mol. The van der Waals surface area contributed by atoms with Crippen LogP contribution in [0.2, 0.25) is 0 Å². The van der Waals surface area contributed by atoms with E-state index < -0.39 is 0 Å². The van der Waals surface area contributed by atoms with Crippen molar-refractivity contribution in [1.82, 2.24) is 14.9 Å². The van der Waals surface area contributed by atoms with Gasteiger partial charge in [0.1, 0.15) is 11.9 Å². The molecule has 0 saturated carbocycles. The molecular formula is C13H23N5O. The molecule has 0 aromatic carbocycles. The maximum atomic E-state index is 11.8. The van der Waals surface area contributed by atoms with Gasteiger partial charge < -0.3 is 15.5 Å². The number of carbonyl (C=O) groups excluding carboxylic acids is 1. The summed E-state index contributed by atoms with van der Waals surface area (Å²) in [6.45, 7) is 6.65. The number of rotatable bonds is 6. The molecule has 0 spiro atoms. The van der Waals surface area contributed by atoms with E-state index in [2.05, 4.69) is 27.5 Å². The summed E-state index contributed by atoms with van der Waals surface area (Å²) < 4.78 is 0. The fourth-order valence-corrected chi connectivity index (χ4v) is 1.56. The molecule has 0 aliphatic heterocycles. The van der Waals surface area contributed by atoms with E-state index in [0.717, 1.165) is 18.5 Å². The van der Waals surface area contributed by atoms with Gasteiger partial charge in [-0.3, -0.25) is 4.79 Å². The predicted octanol–water partition coefficient (Wildman–Crippen LogP) is 1.50. The SMILES string of the molecule is CCCNc1ncc(C)c(NC(C)C(=O)N(C)C)n1. The number of hydrogen-bond donors (Lipinski definition) is 2. The van der Waals surface area contributed by atoms with E-state index in [9.17, 15) is 4.79 Å². The van der Waals surface area contributed by atoms with E-state index in [1.165, 1.54) is 0 Å². The summed E-state index contributed by atoms with van der Waals surface area (Å²) in [5.74, 6) is 1.29. The van der Waals surface area contributed by atoms with Gasteiger partial charge in [0.15, 0.2) is 0 Å². The van der Waals surface area contributed by atoms with Crippen LogP contribution in [-0.4, -0.2) is 47.5 Å². The third-order valence-electron chi connectivity index (χ3n) is 2.67. The Balaban J connectivity index is 2.79. The monoisotopic (exact) mass is 265 g/mol. The number of aromatic nitrogens is 2. The smallest absolute Gasteiger partial charge is 0.244 e. The Labute approximate surface area is 114 Å². The standard InChI is InChI=1S/C13H23N5O/c1-6-7-14-13-15-8-9(2)11(17-13)16-10(3)12(19)18(4)5/h8,10H,6-7H2,1-5H3,(H2,14,15,16,17). The summed E-state index contributed by atoms with van der Waals surface area (Å²) in [4.78, 5) is 22.0. The molecule has 1 atom stereocenters. The largest absolute Gasteiger partial charge is 0.358 e. The van der Waals surface area contributed by atoms with Crippen molar-refractivity contribution < 1.29 is 4.79 Å². The quantitative estimate of drug-likeness (QED) is 0.815. The van der Waals surface area contributed by atoms with Crippen molar-refractivity contribution in [2.45, 2.75) is 33.2 Å². The summed E-state index contributed by atoms with van der Waals surface area (Å²) in [5.41, 5.74) is 0.917. The lowest BCUT2D eigenvalue weighted by molar-refractivity contribution is -0.129. The summed E-state index contributed by atoms with van der Waals surface area (Å²) in [5, 5.41) is 6.26. The second-order valence-corrected chi connectivity index (χ2v) is 4.75. The van der Waals surface area contributed by atoms with E-state index in [0.29, 0.717) is 11.8 Å². The average Bonchev–Trinajstić information content (AvgIpc) is 2.38. The van der Waals surface area contributed by atoms with Crippen molar-refractivity contribution in [3.63, 3.8) is 0 Å². The molecule has 0 bridgehead atoms. The van der Waals surface area contributed by atoms with Crippen LogP contribution in [-0.2, 0) is 4.79 Å². The minimum atomic E-state index is -0.317. The first-order chi connectivity index (χ1) is 8.95. The van der Waals surface area contributed by atoms with E-state index in [1.807, 2.05) is 13.8 Å². The molecule has 1 aromatic heterocycles. The Morgan fingerprint density at radius 3 is 2.74 bits per heavy atom. The first-order valence-corrected chi connectivity index (χ1v) is 6.51. The van der Waals surface area contributed by atoms with E-state index in [-0.39, 0.29) is 11.9 Å². The first-order valence-electron chi connectivity index (χ1n) is 6.51. The Morgan fingerprint density at radius 2 is 2.16 bits per heavy atom. The van der Waals surface area contributed by atoms with Crippen LogP contribution in [0.1, 0.15) is 25.8 Å². The molecule has 1 aromatic rings. The molecule has 19 heavy (non-hydrogen) atoms. The Hall–Kier alpha value is -1.85. The van der Waals surface area contributed by atoms with Crippen LogP contribution in [0.3, 0.4) is 0 Å². The second kappa shape index (κ2) is 6.92. The summed E-state index contributed by atoms with van der Waals surface area (Å²) in [6, 6.07) is -0.317. The maximum absolute atomic E-state index is 11.8. The molecule has 1 unspecified atom stereocenters. The van der Waals surface area contributed by atoms with Crippen LogP contribution in [0.25, 0.3) is 0 Å². The highest BCUT2D eigenvalue weighted by Gasteiger charge is 2.16. The molecule has 0 radical (unpaired) electrons. The summed E-state index contributed by atoms with van der Waals surface area (Å²) >= 11 is 0. The summed E-state index contributed by atoms with van der Waals surface area (Å²) in [6.07, 6.45) is 2.76. The van der Waals surface area contributed by atoms with Gasteiger partial charge >= 0.3 is 0 Å². The van der Waals surface area contributed by atoms with E-state index in [4.69, 9.17) is 0 Å². The van der Waals surface area contributed by atoms with Gasteiger partial charge in [0.25, 0.3) is 0 Å². The number of anilines is 2. The van der Waals surface area contributed by atoms with Gasteiger partial charge in [0, 0.05) is 32.4 Å². The third kappa shape index (κ3) is 4.39. The van der Waals surface area contributed by atoms with Gasteiger partial charge in [-0.2, -0.15) is 4.98 Å². The van der Waals surface area contributed by atoms with Crippen molar-refractivity contribution in [3.8, 4) is 0 Å². The lowest BCUT2D eigenvalue weighted by Crippen LogP contribution is -2.37. The zero-order valence-electron chi connectivity index (χ0n) is 12.3. The van der Waals surface area contributed by atoms with Gasteiger partial charge in [0.2, 0.25) is 11.9 Å². The number of nitrogens with one attached hydrogen (secondary N) is 2. The number of aryl methyl sites for hydroxylation is 1. The van der Waals surface area contributed by atoms with Crippen LogP contribution in [0.15, 0.2) is 6.20 Å². The molecule has 0 aliphatic rings. The molecule has 1 heterocycles. The zero-order valence-corrected chi connectivity index (χ0v) is 12.3. The second-order valence-electron chi connectivity index (χ2n) is 4.75. The molecule has 106 valence electrons. The lowest BCUT2D eigenvalue weighted by atomic mass is 10.2. The van der Waals surface area contributed by atoms with Crippen LogP contribution < -0.4 is 10.6 Å². The van der Waals surface area contributed by atoms with Crippen molar-refractivity contribution in [2.24, 2.45) is 0 Å². The number of likely N-dealkylation sites (N-methyl/N-ethyl adjacent to an activating group) is 1. The zero-order chi connectivity index (χ0) is 14.4. The third-order valence-corrected chi connectivity index (χ3v) is 2.67. The van der Waals surface area contributed by atoms with Gasteiger partial charge in [-0.05, 0) is 20.3 Å². The van der Waals surface area contributed by atoms with Gasteiger partial charge in [0.05, 0.1) is 0 Å². The fraction of sp³-hybridized carbons (Fsp3) is 0.615. The summed E-state index contributed by atoms with van der Waals surface area (Å²) in [7, 11) is 3.48. The highest BCUT2D eigenvalue weighted by molar-refractivity contribution is 5.83. The normalized spacial score (nSPS) is 11.8. The number of carbonyl (C=O) groups is 1. The van der Waals surface area contributed by atoms with Crippen molar-refractivity contribution in [3.05, 3.63) is 11.8 Å². The Morgan fingerprint density at radius 1 is 1.47 bits per heavy atom. The predicted molar refractivity (Wildman–Crippen MR) is 77.3 cm³/mol. The number of hydrogen-bond acceptors (Lipinski definition) is 5. The van der Waals surface area contributed by atoms with E-state index in [1.54, 1.807) is 25.2 Å². The number of nitrogens with zero attached hydrogens (tertiary/aromatic N) is 3. The van der Waals surface area contributed by atoms with Crippen molar-refractivity contribution >= 4 is 17.7 Å². The van der Waals surface area contributed by atoms with Crippen molar-refractivity contribution in [1.29, 1.82) is 0 Å². The van der Waals surface area contributed by atoms with Gasteiger partial charge in [-0.15, -0.1) is 0 Å². The average molecular weight is 265 g/mol. The molecule has 6 nitrogen and oxygen atoms in total. The molecule has 6 heteroatoms. The highest BCUT2D eigenvalue weighted by atomic mass is 16.2. The minimum Gasteiger partial charge on any atom is -0.358 e. The van der Waals surface area contributed by atoms with Crippen LogP contribution >= 0.6 is 0 Å². The molecule has 1 rings (SSSR count). The first kappa shape index (κ1) is 15.2. The fourth-order valence-electron chi connectivity index (χ4n) is 1.56. The van der Waals surface area contributed by atoms with E-state index >= 15 is 0 Å². The molecule has 0 aliphatic carbocycles. The Kier molecular flexibility index (Phi) is 5.54. The number of amides is 1. The van der Waals surface area contributed by atoms with Crippen LogP contribution in [0.5, 0.6) is 0 Å². The molecule has 2 N–H and O–H groups in total. The topological polar surface area (TPSA) is 70.2 Å². The minimum absolute atomic E-state index is 0.0149. The van der Waals surface area contributed by atoms with Crippen LogP contribution in [0.4, 0.5) is 11.8 Å². The molecule has 0 saturated heterocycles. The van der Waals surface area contributed by atoms with Gasteiger partial charge in [-0.1, -0.05) is 6.92 Å². The maximum Gasteiger partial charge on any atom is 0.244 e. The molecule has 1 amide bonds. The van der Waals surface area contributed by atoms with Gasteiger partial charge in [-0.25, -0.2) is 4.98 Å². The Bertz CT molecular complexity index is 433. The highest BCUT2D eigenvalue weighted by Crippen LogP contribution is 2.14. The van der Waals surface area contributed by atoms with Crippen molar-refractivity contribution in [2.75, 3.05) is 31.3 Å². The van der Waals surface area contributed by atoms with Crippen LogP contribution in [0, 0.1) is 6.92 Å². The lowest BCUT2D eigenvalue weighted by Gasteiger charge is -2.19.